The summed E-state index contributed by atoms with van der Waals surface area (Å²) >= 11 is 1.38. The lowest BCUT2D eigenvalue weighted by molar-refractivity contribution is 0.0963. The lowest BCUT2D eigenvalue weighted by atomic mass is 10.3. The molecule has 0 saturated heterocycles. The van der Waals surface area contributed by atoms with Crippen molar-refractivity contribution < 1.29 is 4.79 Å². The van der Waals surface area contributed by atoms with E-state index >= 15 is 0 Å². The zero-order valence-electron chi connectivity index (χ0n) is 8.49. The Bertz CT molecular complexity index is 404. The van der Waals surface area contributed by atoms with Crippen molar-refractivity contribution in [2.75, 3.05) is 0 Å². The van der Waals surface area contributed by atoms with Gasteiger partial charge in [0.1, 0.15) is 5.69 Å². The fraction of sp³-hybridized carbons (Fsp3) is 0.0909. The molecule has 1 rings (SSSR count). The summed E-state index contributed by atoms with van der Waals surface area (Å²) in [5.41, 5.74) is 3.45. The number of hydrogen-bond donors (Lipinski definition) is 1. The molecule has 0 unspecified atom stereocenters. The first-order valence-corrected chi connectivity index (χ1v) is 5.26. The van der Waals surface area contributed by atoms with Crippen molar-refractivity contribution in [2.45, 2.75) is 6.92 Å². The molecule has 78 valence electrons. The maximum atomic E-state index is 11.5. The Kier molecular flexibility index (Phi) is 4.00. The van der Waals surface area contributed by atoms with Crippen molar-refractivity contribution >= 4 is 17.2 Å². The van der Waals surface area contributed by atoms with E-state index in [2.05, 4.69) is 23.5 Å². The van der Waals surface area contributed by atoms with Crippen molar-refractivity contribution in [1.82, 2.24) is 10.3 Å². The minimum Gasteiger partial charge on any atom is -0.321 e. The van der Waals surface area contributed by atoms with E-state index < -0.39 is 0 Å². The third-order valence-electron chi connectivity index (χ3n) is 1.51. The Balaban J connectivity index is 2.53. The zero-order chi connectivity index (χ0) is 11.3. The van der Waals surface area contributed by atoms with Gasteiger partial charge in [0.15, 0.2) is 0 Å². The molecule has 0 spiro atoms. The lowest BCUT2D eigenvalue weighted by Gasteiger charge is -2.01. The van der Waals surface area contributed by atoms with Gasteiger partial charge in [-0.3, -0.25) is 4.79 Å². The number of carbonyl (C=O) groups is 1. The van der Waals surface area contributed by atoms with Crippen molar-refractivity contribution in [3.8, 4) is 0 Å². The van der Waals surface area contributed by atoms with Crippen molar-refractivity contribution in [2.24, 2.45) is 0 Å². The van der Waals surface area contributed by atoms with Gasteiger partial charge in [0, 0.05) is 11.1 Å². The number of thiazole rings is 1. The quantitative estimate of drug-likeness (QED) is 0.792. The summed E-state index contributed by atoms with van der Waals surface area (Å²) in [6.07, 6.45) is 3.48. The fourth-order valence-electron chi connectivity index (χ4n) is 0.819. The molecular formula is C11H12N2OS. The fourth-order valence-corrected chi connectivity index (χ4v) is 1.35. The van der Waals surface area contributed by atoms with Gasteiger partial charge in [-0.1, -0.05) is 24.8 Å². The van der Waals surface area contributed by atoms with E-state index in [1.807, 2.05) is 6.92 Å². The molecule has 0 aliphatic rings. The van der Waals surface area contributed by atoms with Crippen LogP contribution in [0.5, 0.6) is 0 Å². The average Bonchev–Trinajstić information content (AvgIpc) is 2.67. The predicted molar refractivity (Wildman–Crippen MR) is 62.7 cm³/mol. The first-order chi connectivity index (χ1) is 7.09. The van der Waals surface area contributed by atoms with Crippen LogP contribution in [0, 0.1) is 0 Å². The molecule has 0 aliphatic heterocycles. The van der Waals surface area contributed by atoms with Crippen LogP contribution in [0.4, 0.5) is 0 Å². The minimum atomic E-state index is -0.243. The number of hydrogen-bond acceptors (Lipinski definition) is 3. The molecular weight excluding hydrogens is 208 g/mol. The SMILES string of the molecule is C=C(C)/C=C\C(=C)NC(=O)c1cscn1. The second kappa shape index (κ2) is 5.26. The third kappa shape index (κ3) is 3.91. The molecule has 0 fully saturated rings. The van der Waals surface area contributed by atoms with E-state index in [4.69, 9.17) is 0 Å². The number of amides is 1. The van der Waals surface area contributed by atoms with Crippen LogP contribution < -0.4 is 5.32 Å². The maximum Gasteiger partial charge on any atom is 0.275 e. The van der Waals surface area contributed by atoms with Gasteiger partial charge >= 0.3 is 0 Å². The van der Waals surface area contributed by atoms with Crippen LogP contribution in [0.25, 0.3) is 0 Å². The number of nitrogens with zero attached hydrogens (tertiary/aromatic N) is 1. The van der Waals surface area contributed by atoms with Gasteiger partial charge in [0.05, 0.1) is 5.51 Å². The van der Waals surface area contributed by atoms with Crippen LogP contribution >= 0.6 is 11.3 Å². The number of carbonyl (C=O) groups excluding carboxylic acids is 1. The Morgan fingerprint density at radius 1 is 1.53 bits per heavy atom. The van der Waals surface area contributed by atoms with Crippen LogP contribution in [0.3, 0.4) is 0 Å². The molecule has 1 heterocycles. The molecule has 0 radical (unpaired) electrons. The van der Waals surface area contributed by atoms with E-state index in [-0.39, 0.29) is 5.91 Å². The molecule has 15 heavy (non-hydrogen) atoms. The van der Waals surface area contributed by atoms with Crippen molar-refractivity contribution in [3.05, 3.63) is 53.2 Å². The van der Waals surface area contributed by atoms with E-state index in [1.165, 1.54) is 11.3 Å². The summed E-state index contributed by atoms with van der Waals surface area (Å²) < 4.78 is 0. The molecule has 1 N–H and O–H groups in total. The largest absolute Gasteiger partial charge is 0.321 e. The Labute approximate surface area is 92.9 Å². The number of nitrogens with one attached hydrogen (secondary N) is 1. The molecule has 0 aromatic carbocycles. The van der Waals surface area contributed by atoms with Gasteiger partial charge in [0.2, 0.25) is 0 Å². The Morgan fingerprint density at radius 3 is 2.80 bits per heavy atom. The molecule has 1 aromatic heterocycles. The molecule has 0 saturated carbocycles. The Morgan fingerprint density at radius 2 is 2.27 bits per heavy atom. The lowest BCUT2D eigenvalue weighted by Crippen LogP contribution is -2.21. The summed E-state index contributed by atoms with van der Waals surface area (Å²) in [6, 6.07) is 0. The molecule has 0 aliphatic carbocycles. The first kappa shape index (κ1) is 11.4. The smallest absolute Gasteiger partial charge is 0.275 e. The topological polar surface area (TPSA) is 42.0 Å². The van der Waals surface area contributed by atoms with Crippen LogP contribution in [-0.2, 0) is 0 Å². The number of allylic oxidation sites excluding steroid dienone is 3. The first-order valence-electron chi connectivity index (χ1n) is 4.31. The summed E-state index contributed by atoms with van der Waals surface area (Å²) in [6.45, 7) is 9.26. The number of rotatable bonds is 4. The number of aromatic nitrogens is 1. The van der Waals surface area contributed by atoms with E-state index in [1.54, 1.807) is 23.0 Å². The Hall–Kier alpha value is -1.68. The predicted octanol–water partition coefficient (Wildman–Crippen LogP) is 2.52. The molecule has 1 amide bonds. The van der Waals surface area contributed by atoms with Crippen LogP contribution in [0.2, 0.25) is 0 Å². The summed E-state index contributed by atoms with van der Waals surface area (Å²) in [5, 5.41) is 4.31. The van der Waals surface area contributed by atoms with Gasteiger partial charge in [-0.2, -0.15) is 0 Å². The van der Waals surface area contributed by atoms with Crippen molar-refractivity contribution in [1.29, 1.82) is 0 Å². The van der Waals surface area contributed by atoms with Gasteiger partial charge < -0.3 is 5.32 Å². The van der Waals surface area contributed by atoms with Crippen LogP contribution in [0.1, 0.15) is 17.4 Å². The van der Waals surface area contributed by atoms with Crippen LogP contribution in [0.15, 0.2) is 47.5 Å². The van der Waals surface area contributed by atoms with E-state index in [9.17, 15) is 4.79 Å². The second-order valence-corrected chi connectivity index (χ2v) is 3.75. The molecule has 0 bridgehead atoms. The monoisotopic (exact) mass is 220 g/mol. The highest BCUT2D eigenvalue weighted by Gasteiger charge is 2.06. The highest BCUT2D eigenvalue weighted by Crippen LogP contribution is 2.02. The normalized spacial score (nSPS) is 10.2. The third-order valence-corrected chi connectivity index (χ3v) is 2.09. The summed E-state index contributed by atoms with van der Waals surface area (Å²) in [4.78, 5) is 15.4. The van der Waals surface area contributed by atoms with E-state index in [0.717, 1.165) is 5.57 Å². The van der Waals surface area contributed by atoms with Crippen LogP contribution in [-0.4, -0.2) is 10.9 Å². The summed E-state index contributed by atoms with van der Waals surface area (Å²) in [5.74, 6) is -0.243. The van der Waals surface area contributed by atoms with Crippen molar-refractivity contribution in [3.63, 3.8) is 0 Å². The van der Waals surface area contributed by atoms with Gasteiger partial charge in [-0.25, -0.2) is 4.98 Å². The molecule has 0 atom stereocenters. The van der Waals surface area contributed by atoms with E-state index in [0.29, 0.717) is 11.4 Å². The zero-order valence-corrected chi connectivity index (χ0v) is 9.30. The maximum absolute atomic E-state index is 11.5. The summed E-state index contributed by atoms with van der Waals surface area (Å²) in [7, 11) is 0. The van der Waals surface area contributed by atoms with Gasteiger partial charge in [0.25, 0.3) is 5.91 Å². The molecule has 4 heteroatoms. The van der Waals surface area contributed by atoms with Gasteiger partial charge in [-0.05, 0) is 13.0 Å². The minimum absolute atomic E-state index is 0.243. The average molecular weight is 220 g/mol. The standard InChI is InChI=1S/C11H12N2OS/c1-8(2)4-5-9(3)13-11(14)10-6-15-7-12-10/h4-7H,1,3H2,2H3,(H,13,14)/b5-4-. The molecule has 1 aromatic rings. The molecule has 3 nitrogen and oxygen atoms in total. The highest BCUT2D eigenvalue weighted by molar-refractivity contribution is 7.07. The van der Waals surface area contributed by atoms with Gasteiger partial charge in [-0.15, -0.1) is 11.3 Å². The highest BCUT2D eigenvalue weighted by atomic mass is 32.1. The second-order valence-electron chi connectivity index (χ2n) is 3.03.